The molecule has 8 heteroatoms. The van der Waals surface area contributed by atoms with Gasteiger partial charge in [0, 0.05) is 39.9 Å². The lowest BCUT2D eigenvalue weighted by Gasteiger charge is -2.39. The van der Waals surface area contributed by atoms with Crippen LogP contribution in [-0.4, -0.2) is 28.1 Å². The van der Waals surface area contributed by atoms with E-state index in [-0.39, 0.29) is 11.8 Å². The highest BCUT2D eigenvalue weighted by Gasteiger charge is 2.59. The number of rotatable bonds is 1. The summed E-state index contributed by atoms with van der Waals surface area (Å²) in [6.45, 7) is 2.40. The zero-order valence-corrected chi connectivity index (χ0v) is 18.2. The largest absolute Gasteiger partial charge is 0.352 e. The fourth-order valence-electron chi connectivity index (χ4n) is 5.06. The summed E-state index contributed by atoms with van der Waals surface area (Å²) in [7, 11) is 0. The highest BCUT2D eigenvalue weighted by atomic mass is 79.9. The van der Waals surface area contributed by atoms with Crippen molar-refractivity contribution in [1.29, 1.82) is 0 Å². The highest BCUT2D eigenvalue weighted by molar-refractivity contribution is 9.10. The molecule has 7 nitrogen and oxygen atoms in total. The number of carbonyl (C=O) groups excluding carboxylic acids is 2. The van der Waals surface area contributed by atoms with Crippen molar-refractivity contribution in [1.82, 2.24) is 15.1 Å². The molecule has 31 heavy (non-hydrogen) atoms. The number of aromatic nitrogens is 2. The van der Waals surface area contributed by atoms with Gasteiger partial charge in [-0.15, -0.1) is 0 Å². The minimum atomic E-state index is -1.27. The summed E-state index contributed by atoms with van der Waals surface area (Å²) in [5, 5.41) is 14.2. The molecular weight excluding hydrogens is 458 g/mol. The maximum absolute atomic E-state index is 13.8. The molecule has 0 saturated heterocycles. The molecule has 0 saturated carbocycles. The van der Waals surface area contributed by atoms with Gasteiger partial charge in [0.25, 0.3) is 5.91 Å². The van der Waals surface area contributed by atoms with Gasteiger partial charge in [0.2, 0.25) is 5.91 Å². The Kier molecular flexibility index (Phi) is 3.74. The Bertz CT molecular complexity index is 1330. The molecule has 0 aliphatic carbocycles. The van der Waals surface area contributed by atoms with Gasteiger partial charge >= 0.3 is 0 Å². The summed E-state index contributed by atoms with van der Waals surface area (Å²) in [5.74, 6) is 0.262. The van der Waals surface area contributed by atoms with E-state index in [4.69, 9.17) is 5.10 Å². The van der Waals surface area contributed by atoms with Crippen molar-refractivity contribution < 1.29 is 9.59 Å². The van der Waals surface area contributed by atoms with Crippen LogP contribution in [-0.2, 0) is 15.0 Å². The van der Waals surface area contributed by atoms with E-state index in [0.29, 0.717) is 35.5 Å². The van der Waals surface area contributed by atoms with E-state index in [1.165, 1.54) is 0 Å². The fraction of sp³-hybridized carbons (Fsp3) is 0.174. The Hall–Kier alpha value is -3.39. The van der Waals surface area contributed by atoms with Gasteiger partial charge in [-0.1, -0.05) is 34.1 Å². The average Bonchev–Trinajstić information content (AvgIpc) is 3.24. The second-order valence-electron chi connectivity index (χ2n) is 7.93. The van der Waals surface area contributed by atoms with Crippen molar-refractivity contribution in [3.8, 4) is 5.69 Å². The number of anilines is 2. The minimum absolute atomic E-state index is 0.228. The predicted octanol–water partition coefficient (Wildman–Crippen LogP) is 3.38. The number of benzene rings is 2. The lowest BCUT2D eigenvalue weighted by molar-refractivity contribution is -0.123. The summed E-state index contributed by atoms with van der Waals surface area (Å²) in [6.07, 6.45) is 0.609. The van der Waals surface area contributed by atoms with Crippen molar-refractivity contribution in [2.75, 3.05) is 17.2 Å². The van der Waals surface area contributed by atoms with Crippen LogP contribution in [0.1, 0.15) is 23.2 Å². The van der Waals surface area contributed by atoms with Gasteiger partial charge in [-0.2, -0.15) is 5.10 Å². The molecule has 3 aromatic rings. The molecule has 3 aliphatic heterocycles. The predicted molar refractivity (Wildman–Crippen MR) is 120 cm³/mol. The fourth-order valence-corrected chi connectivity index (χ4v) is 5.42. The summed E-state index contributed by atoms with van der Waals surface area (Å²) in [4.78, 5) is 27.0. The quantitative estimate of drug-likeness (QED) is 0.503. The SMILES string of the molecule is Cc1nn(-c2ccccc2)c2c1C1(C(=O)Nc3ccc(Br)cc31)C1=C(CCNC1=O)N2. The zero-order chi connectivity index (χ0) is 21.3. The van der Waals surface area contributed by atoms with Crippen LogP contribution in [0.15, 0.2) is 64.3 Å². The molecule has 2 amide bonds. The van der Waals surface area contributed by atoms with E-state index < -0.39 is 5.41 Å². The Labute approximate surface area is 186 Å². The first-order chi connectivity index (χ1) is 15.0. The first-order valence-corrected chi connectivity index (χ1v) is 10.9. The number of hydrogen-bond acceptors (Lipinski definition) is 4. The molecule has 0 fully saturated rings. The van der Waals surface area contributed by atoms with E-state index >= 15 is 0 Å². The van der Waals surface area contributed by atoms with Crippen molar-refractivity contribution in [3.05, 3.63) is 81.1 Å². The molecule has 4 heterocycles. The van der Waals surface area contributed by atoms with Crippen molar-refractivity contribution in [2.24, 2.45) is 0 Å². The Morgan fingerprint density at radius 3 is 2.71 bits per heavy atom. The summed E-state index contributed by atoms with van der Waals surface area (Å²) < 4.78 is 2.67. The average molecular weight is 476 g/mol. The van der Waals surface area contributed by atoms with Crippen LogP contribution in [0, 0.1) is 6.92 Å². The van der Waals surface area contributed by atoms with Crippen LogP contribution >= 0.6 is 15.9 Å². The van der Waals surface area contributed by atoms with Gasteiger partial charge < -0.3 is 16.0 Å². The van der Waals surface area contributed by atoms with Crippen LogP contribution < -0.4 is 16.0 Å². The lowest BCUT2D eigenvalue weighted by Crippen LogP contribution is -2.50. The van der Waals surface area contributed by atoms with Crippen LogP contribution in [0.4, 0.5) is 11.5 Å². The number of aryl methyl sites for hydroxylation is 1. The number of nitrogens with zero attached hydrogens (tertiary/aromatic N) is 2. The van der Waals surface area contributed by atoms with E-state index in [0.717, 1.165) is 27.2 Å². The Morgan fingerprint density at radius 1 is 1.10 bits per heavy atom. The van der Waals surface area contributed by atoms with Gasteiger partial charge in [0.15, 0.2) is 0 Å². The molecule has 1 unspecified atom stereocenters. The molecule has 3 N–H and O–H groups in total. The number of amides is 2. The van der Waals surface area contributed by atoms with Gasteiger partial charge in [-0.05, 0) is 37.3 Å². The van der Waals surface area contributed by atoms with E-state index in [9.17, 15) is 9.59 Å². The first-order valence-electron chi connectivity index (χ1n) is 10.1. The normalized spacial score (nSPS) is 21.2. The third-order valence-corrected chi connectivity index (χ3v) is 6.74. The molecule has 1 aromatic heterocycles. The van der Waals surface area contributed by atoms with Gasteiger partial charge in [-0.25, -0.2) is 4.68 Å². The van der Waals surface area contributed by atoms with Crippen LogP contribution in [0.25, 0.3) is 5.69 Å². The maximum Gasteiger partial charge on any atom is 0.250 e. The molecule has 6 rings (SSSR count). The number of nitrogens with one attached hydrogen (secondary N) is 3. The molecule has 0 bridgehead atoms. The number of carbonyl (C=O) groups is 2. The molecule has 1 spiro atoms. The van der Waals surface area contributed by atoms with Crippen LogP contribution in [0.5, 0.6) is 0 Å². The van der Waals surface area contributed by atoms with Gasteiger partial charge in [0.05, 0.1) is 17.0 Å². The number of hydrogen-bond donors (Lipinski definition) is 3. The number of halogens is 1. The van der Waals surface area contributed by atoms with Gasteiger partial charge in [0.1, 0.15) is 11.2 Å². The third kappa shape index (κ3) is 2.31. The molecule has 0 radical (unpaired) electrons. The zero-order valence-electron chi connectivity index (χ0n) is 16.6. The van der Waals surface area contributed by atoms with Crippen molar-refractivity contribution in [3.63, 3.8) is 0 Å². The van der Waals surface area contributed by atoms with Gasteiger partial charge in [-0.3, -0.25) is 9.59 Å². The lowest BCUT2D eigenvalue weighted by atomic mass is 9.66. The number of para-hydroxylation sites is 1. The minimum Gasteiger partial charge on any atom is -0.352 e. The maximum atomic E-state index is 13.8. The van der Waals surface area contributed by atoms with Crippen molar-refractivity contribution >= 4 is 39.2 Å². The second kappa shape index (κ2) is 6.31. The number of fused-ring (bicyclic) bond motifs is 5. The Balaban J connectivity index is 1.74. The second-order valence-corrected chi connectivity index (χ2v) is 8.85. The monoisotopic (exact) mass is 475 g/mol. The topological polar surface area (TPSA) is 88.1 Å². The van der Waals surface area contributed by atoms with E-state index in [1.54, 1.807) is 0 Å². The molecule has 3 aliphatic rings. The summed E-state index contributed by atoms with van der Waals surface area (Å²) in [6, 6.07) is 15.5. The molecule has 1 atom stereocenters. The van der Waals surface area contributed by atoms with E-state index in [1.807, 2.05) is 60.1 Å². The highest BCUT2D eigenvalue weighted by Crippen LogP contribution is 2.55. The molecule has 154 valence electrons. The first kappa shape index (κ1) is 18.4. The van der Waals surface area contributed by atoms with Crippen LogP contribution in [0.2, 0.25) is 0 Å². The molecular formula is C23H18BrN5O2. The van der Waals surface area contributed by atoms with Crippen molar-refractivity contribution in [2.45, 2.75) is 18.8 Å². The van der Waals surface area contributed by atoms with Crippen LogP contribution in [0.3, 0.4) is 0 Å². The standard InChI is InChI=1S/C23H18BrN5O2/c1-12-18-20(29(28-12)14-5-3-2-4-6-14)26-17-9-10-25-21(30)19(17)23(18)15-11-13(24)7-8-16(15)27-22(23)31/h2-8,11,26H,9-10H2,1H3,(H,25,30)(H,27,31). The molecule has 2 aromatic carbocycles. The third-order valence-electron chi connectivity index (χ3n) is 6.24. The summed E-state index contributed by atoms with van der Waals surface area (Å²) >= 11 is 3.55. The smallest absolute Gasteiger partial charge is 0.250 e. The summed E-state index contributed by atoms with van der Waals surface area (Å²) in [5.41, 5.74) is 3.70. The van der Waals surface area contributed by atoms with E-state index in [2.05, 4.69) is 31.9 Å². The Morgan fingerprint density at radius 2 is 1.90 bits per heavy atom.